The van der Waals surface area contributed by atoms with Crippen LogP contribution in [0.4, 0.5) is 0 Å². The Hall–Kier alpha value is -0.660. The molecule has 0 amide bonds. The SMILES string of the molecule is O=S(=O)(c1cc(Cl)c(Cl)s1)N1CCC(c2ccncc2)CC1. The number of aromatic nitrogens is 1. The summed E-state index contributed by atoms with van der Waals surface area (Å²) in [6.07, 6.45) is 5.15. The molecule has 3 rings (SSSR count). The van der Waals surface area contributed by atoms with Crippen molar-refractivity contribution >= 4 is 44.6 Å². The first kappa shape index (κ1) is 16.2. The zero-order valence-electron chi connectivity index (χ0n) is 11.6. The zero-order chi connectivity index (χ0) is 15.7. The van der Waals surface area contributed by atoms with E-state index in [9.17, 15) is 8.42 Å². The van der Waals surface area contributed by atoms with E-state index in [2.05, 4.69) is 4.98 Å². The van der Waals surface area contributed by atoms with Crippen LogP contribution in [0.5, 0.6) is 0 Å². The number of hydrogen-bond donors (Lipinski definition) is 0. The van der Waals surface area contributed by atoms with Crippen molar-refractivity contribution in [2.45, 2.75) is 23.0 Å². The molecule has 1 aliphatic rings. The van der Waals surface area contributed by atoms with Crippen LogP contribution in [0.2, 0.25) is 9.36 Å². The Labute approximate surface area is 143 Å². The highest BCUT2D eigenvalue weighted by Crippen LogP contribution is 2.37. The van der Waals surface area contributed by atoms with Crippen molar-refractivity contribution in [2.24, 2.45) is 0 Å². The van der Waals surface area contributed by atoms with Crippen molar-refractivity contribution in [1.29, 1.82) is 0 Å². The van der Waals surface area contributed by atoms with Crippen molar-refractivity contribution < 1.29 is 8.42 Å². The third-order valence-electron chi connectivity index (χ3n) is 3.85. The molecule has 2 aromatic heterocycles. The van der Waals surface area contributed by atoms with Gasteiger partial charge in [-0.05, 0) is 42.5 Å². The summed E-state index contributed by atoms with van der Waals surface area (Å²) in [4.78, 5) is 4.01. The van der Waals surface area contributed by atoms with Gasteiger partial charge in [-0.2, -0.15) is 4.31 Å². The van der Waals surface area contributed by atoms with Gasteiger partial charge in [0.25, 0.3) is 10.0 Å². The molecule has 0 atom stereocenters. The number of sulfonamides is 1. The van der Waals surface area contributed by atoms with Gasteiger partial charge in [-0.25, -0.2) is 8.42 Å². The Bertz CT molecular complexity index is 735. The Balaban J connectivity index is 1.73. The Morgan fingerprint density at radius 1 is 1.18 bits per heavy atom. The number of halogens is 2. The predicted octanol–water partition coefficient (Wildman–Crippen LogP) is 4.02. The second-order valence-corrected chi connectivity index (χ2v) is 9.37. The molecule has 0 aliphatic carbocycles. The minimum atomic E-state index is -3.50. The minimum absolute atomic E-state index is 0.213. The maximum Gasteiger partial charge on any atom is 0.252 e. The molecule has 2 aromatic rings. The highest BCUT2D eigenvalue weighted by atomic mass is 35.5. The molecule has 22 heavy (non-hydrogen) atoms. The van der Waals surface area contributed by atoms with Gasteiger partial charge in [0.05, 0.1) is 5.02 Å². The summed E-state index contributed by atoms with van der Waals surface area (Å²) in [7, 11) is -3.50. The third kappa shape index (κ3) is 3.16. The Kier molecular flexibility index (Phi) is 4.75. The van der Waals surface area contributed by atoms with E-state index in [1.54, 1.807) is 12.4 Å². The molecule has 118 valence electrons. The first-order valence-electron chi connectivity index (χ1n) is 6.83. The Morgan fingerprint density at radius 2 is 1.82 bits per heavy atom. The molecular weight excluding hydrogens is 363 g/mol. The molecule has 0 unspecified atom stereocenters. The van der Waals surface area contributed by atoms with E-state index in [0.29, 0.717) is 23.3 Å². The summed E-state index contributed by atoms with van der Waals surface area (Å²) in [5.74, 6) is 0.380. The van der Waals surface area contributed by atoms with Gasteiger partial charge >= 0.3 is 0 Å². The monoisotopic (exact) mass is 376 g/mol. The normalized spacial score (nSPS) is 17.7. The highest BCUT2D eigenvalue weighted by molar-refractivity contribution is 7.91. The van der Waals surface area contributed by atoms with Gasteiger partial charge in [-0.1, -0.05) is 23.2 Å². The minimum Gasteiger partial charge on any atom is -0.265 e. The van der Waals surface area contributed by atoms with Crippen LogP contribution < -0.4 is 0 Å². The fraction of sp³-hybridized carbons (Fsp3) is 0.357. The third-order valence-corrected chi connectivity index (χ3v) is 8.06. The van der Waals surface area contributed by atoms with Crippen LogP contribution in [0, 0.1) is 0 Å². The second kappa shape index (κ2) is 6.45. The zero-order valence-corrected chi connectivity index (χ0v) is 14.7. The van der Waals surface area contributed by atoms with Crippen LogP contribution in [0.25, 0.3) is 0 Å². The van der Waals surface area contributed by atoms with E-state index in [0.717, 1.165) is 24.2 Å². The molecule has 1 fully saturated rings. The lowest BCUT2D eigenvalue weighted by atomic mass is 9.91. The van der Waals surface area contributed by atoms with Gasteiger partial charge in [0.15, 0.2) is 0 Å². The maximum atomic E-state index is 12.6. The second-order valence-electron chi connectivity index (χ2n) is 5.15. The number of pyridine rings is 1. The fourth-order valence-electron chi connectivity index (χ4n) is 2.65. The highest BCUT2D eigenvalue weighted by Gasteiger charge is 2.31. The average Bonchev–Trinajstić information content (AvgIpc) is 2.88. The lowest BCUT2D eigenvalue weighted by molar-refractivity contribution is 0.320. The van der Waals surface area contributed by atoms with Crippen LogP contribution in [0.15, 0.2) is 34.8 Å². The summed E-state index contributed by atoms with van der Waals surface area (Å²) in [5, 5.41) is 0.289. The van der Waals surface area contributed by atoms with Crippen LogP contribution in [-0.4, -0.2) is 30.8 Å². The number of piperidine rings is 1. The predicted molar refractivity (Wildman–Crippen MR) is 89.3 cm³/mol. The summed E-state index contributed by atoms with van der Waals surface area (Å²) >= 11 is 12.8. The molecule has 0 radical (unpaired) electrons. The summed E-state index contributed by atoms with van der Waals surface area (Å²) in [5.41, 5.74) is 1.22. The fourth-order valence-corrected chi connectivity index (χ4v) is 6.15. The van der Waals surface area contributed by atoms with Crippen molar-refractivity contribution in [1.82, 2.24) is 9.29 Å². The van der Waals surface area contributed by atoms with Crippen molar-refractivity contribution in [2.75, 3.05) is 13.1 Å². The van der Waals surface area contributed by atoms with Crippen molar-refractivity contribution in [3.8, 4) is 0 Å². The van der Waals surface area contributed by atoms with Crippen LogP contribution in [0.3, 0.4) is 0 Å². The van der Waals surface area contributed by atoms with E-state index in [1.165, 1.54) is 15.9 Å². The molecule has 1 saturated heterocycles. The number of nitrogens with zero attached hydrogens (tertiary/aromatic N) is 2. The largest absolute Gasteiger partial charge is 0.265 e. The molecule has 0 spiro atoms. The van der Waals surface area contributed by atoms with Gasteiger partial charge in [-0.3, -0.25) is 4.98 Å². The average molecular weight is 377 g/mol. The van der Waals surface area contributed by atoms with Crippen LogP contribution in [-0.2, 0) is 10.0 Å². The summed E-state index contributed by atoms with van der Waals surface area (Å²) < 4.78 is 27.3. The molecule has 0 aromatic carbocycles. The van der Waals surface area contributed by atoms with Gasteiger partial charge < -0.3 is 0 Å². The molecule has 4 nitrogen and oxygen atoms in total. The molecular formula is C14H14Cl2N2O2S2. The number of hydrogen-bond acceptors (Lipinski definition) is 4. The summed E-state index contributed by atoms with van der Waals surface area (Å²) in [6, 6.07) is 5.42. The van der Waals surface area contributed by atoms with Crippen molar-refractivity contribution in [3.05, 3.63) is 45.5 Å². The van der Waals surface area contributed by atoms with Crippen LogP contribution in [0.1, 0.15) is 24.3 Å². The van der Waals surface area contributed by atoms with E-state index in [4.69, 9.17) is 23.2 Å². The van der Waals surface area contributed by atoms with Gasteiger partial charge in [0.2, 0.25) is 0 Å². The van der Waals surface area contributed by atoms with E-state index >= 15 is 0 Å². The molecule has 0 N–H and O–H groups in total. The van der Waals surface area contributed by atoms with Gasteiger partial charge in [-0.15, -0.1) is 11.3 Å². The number of thiophene rings is 1. The first-order chi connectivity index (χ1) is 10.5. The lowest BCUT2D eigenvalue weighted by Crippen LogP contribution is -2.37. The molecule has 3 heterocycles. The van der Waals surface area contributed by atoms with Crippen molar-refractivity contribution in [3.63, 3.8) is 0 Å². The van der Waals surface area contributed by atoms with E-state index in [-0.39, 0.29) is 9.23 Å². The van der Waals surface area contributed by atoms with Gasteiger partial charge in [0, 0.05) is 25.5 Å². The quantitative estimate of drug-likeness (QED) is 0.812. The first-order valence-corrected chi connectivity index (χ1v) is 9.84. The topological polar surface area (TPSA) is 50.3 Å². The summed E-state index contributed by atoms with van der Waals surface area (Å²) in [6.45, 7) is 1.00. The van der Waals surface area contributed by atoms with E-state index < -0.39 is 10.0 Å². The maximum absolute atomic E-state index is 12.6. The van der Waals surface area contributed by atoms with E-state index in [1.807, 2.05) is 12.1 Å². The van der Waals surface area contributed by atoms with Crippen LogP contribution >= 0.6 is 34.5 Å². The number of rotatable bonds is 3. The smallest absolute Gasteiger partial charge is 0.252 e. The molecule has 0 saturated carbocycles. The standard InChI is InChI=1S/C14H14Cl2N2O2S2/c15-12-9-13(21-14(12)16)22(19,20)18-7-3-11(4-8-18)10-1-5-17-6-2-10/h1-2,5-6,9,11H,3-4,7-8H2. The van der Waals surface area contributed by atoms with Gasteiger partial charge in [0.1, 0.15) is 8.55 Å². The molecule has 0 bridgehead atoms. The molecule has 1 aliphatic heterocycles. The molecule has 8 heteroatoms. The lowest BCUT2D eigenvalue weighted by Gasteiger charge is -2.31. The Morgan fingerprint density at radius 3 is 2.36 bits per heavy atom.